The third-order valence-electron chi connectivity index (χ3n) is 3.23. The maximum absolute atomic E-state index is 5.86. The van der Waals surface area contributed by atoms with Gasteiger partial charge in [0.25, 0.3) is 0 Å². The summed E-state index contributed by atoms with van der Waals surface area (Å²) in [6, 6.07) is 6.09. The lowest BCUT2D eigenvalue weighted by atomic mass is 10.2. The Bertz CT molecular complexity index is 655. The number of ether oxygens (including phenoxy) is 1. The Morgan fingerprint density at radius 1 is 1.40 bits per heavy atom. The molecule has 0 saturated carbocycles. The topological polar surface area (TPSA) is 29.9 Å². The van der Waals surface area contributed by atoms with Gasteiger partial charge in [-0.2, -0.15) is 11.8 Å². The minimum Gasteiger partial charge on any atom is -0.489 e. The smallest absolute Gasteiger partial charge is 0.178 e. The van der Waals surface area contributed by atoms with Crippen LogP contribution in [0.1, 0.15) is 27.7 Å². The Hall–Kier alpha value is -0.940. The fraction of sp³-hybridized carbons (Fsp3) is 0.533. The van der Waals surface area contributed by atoms with Gasteiger partial charge >= 0.3 is 0 Å². The molecule has 1 aromatic carbocycles. The lowest BCUT2D eigenvalue weighted by Crippen LogP contribution is -2.22. The number of benzene rings is 1. The minimum atomic E-state index is 0.141. The second-order valence-electron chi connectivity index (χ2n) is 5.80. The predicted molar refractivity (Wildman–Crippen MR) is 90.5 cm³/mol. The van der Waals surface area contributed by atoms with E-state index in [1.165, 1.54) is 0 Å². The van der Waals surface area contributed by atoms with Crippen molar-refractivity contribution in [1.82, 2.24) is 9.55 Å². The van der Waals surface area contributed by atoms with Gasteiger partial charge in [0.1, 0.15) is 11.3 Å². The number of aromatic nitrogens is 2. The van der Waals surface area contributed by atoms with Crippen molar-refractivity contribution in [2.45, 2.75) is 45.1 Å². The Morgan fingerprint density at radius 2 is 2.10 bits per heavy atom. The molecule has 1 aromatic heterocycles. The number of rotatable bonds is 5. The fourth-order valence-electron chi connectivity index (χ4n) is 2.11. The molecule has 0 unspecified atom stereocenters. The summed E-state index contributed by atoms with van der Waals surface area (Å²) in [5.41, 5.74) is 2.10. The number of aromatic amines is 1. The summed E-state index contributed by atoms with van der Waals surface area (Å²) in [5.74, 6) is 0.865. The second-order valence-corrected chi connectivity index (χ2v) is 7.70. The van der Waals surface area contributed by atoms with Crippen molar-refractivity contribution in [3.05, 3.63) is 23.0 Å². The van der Waals surface area contributed by atoms with E-state index >= 15 is 0 Å². The first-order valence-corrected chi connectivity index (χ1v) is 8.41. The molecule has 0 bridgehead atoms. The summed E-state index contributed by atoms with van der Waals surface area (Å²) in [6.07, 6.45) is 2.28. The first kappa shape index (κ1) is 15.4. The lowest BCUT2D eigenvalue weighted by Gasteiger charge is -2.22. The van der Waals surface area contributed by atoms with Gasteiger partial charge in [-0.05, 0) is 58.3 Å². The average Bonchev–Trinajstić information content (AvgIpc) is 2.67. The molecule has 0 fully saturated rings. The first-order chi connectivity index (χ1) is 9.34. The maximum atomic E-state index is 5.86. The highest BCUT2D eigenvalue weighted by molar-refractivity contribution is 7.99. The summed E-state index contributed by atoms with van der Waals surface area (Å²) in [5, 5.41) is 0. The Morgan fingerprint density at radius 3 is 2.70 bits per heavy atom. The molecule has 0 amide bonds. The van der Waals surface area contributed by atoms with Crippen molar-refractivity contribution in [1.29, 1.82) is 0 Å². The van der Waals surface area contributed by atoms with E-state index in [0.29, 0.717) is 0 Å². The molecule has 3 nitrogen and oxygen atoms in total. The Labute approximate surface area is 129 Å². The highest BCUT2D eigenvalue weighted by Crippen LogP contribution is 2.29. The van der Waals surface area contributed by atoms with Crippen LogP contribution in [0.25, 0.3) is 11.0 Å². The van der Waals surface area contributed by atoms with Crippen molar-refractivity contribution >= 4 is 35.0 Å². The SMILES string of the molecule is CSC(C)(C)Cn1c(=S)[nH]c2c(OC(C)C)cccc21. The molecule has 0 spiro atoms. The number of thioether (sulfide) groups is 1. The van der Waals surface area contributed by atoms with Crippen LogP contribution in [0.15, 0.2) is 18.2 Å². The first-order valence-electron chi connectivity index (χ1n) is 6.77. The summed E-state index contributed by atoms with van der Waals surface area (Å²) in [6.45, 7) is 9.39. The standard InChI is InChI=1S/C15H22N2OS2/c1-10(2)18-12-8-6-7-11-13(12)16-14(19)17(11)9-15(3,4)20-5/h6-8,10H,9H2,1-5H3,(H,16,19). The van der Waals surface area contributed by atoms with Crippen LogP contribution in [0.2, 0.25) is 0 Å². The van der Waals surface area contributed by atoms with E-state index < -0.39 is 0 Å². The molecule has 0 atom stereocenters. The molecule has 2 rings (SSSR count). The van der Waals surface area contributed by atoms with Gasteiger partial charge in [-0.15, -0.1) is 0 Å². The molecule has 0 aliphatic carbocycles. The summed E-state index contributed by atoms with van der Waals surface area (Å²) >= 11 is 7.33. The largest absolute Gasteiger partial charge is 0.489 e. The van der Waals surface area contributed by atoms with Gasteiger partial charge in [0.2, 0.25) is 0 Å². The number of imidazole rings is 1. The second kappa shape index (κ2) is 5.82. The van der Waals surface area contributed by atoms with Gasteiger partial charge in [0.05, 0.1) is 11.6 Å². The zero-order valence-corrected chi connectivity index (χ0v) is 14.3. The molecule has 0 aliphatic rings. The van der Waals surface area contributed by atoms with Crippen molar-refractivity contribution in [3.8, 4) is 5.75 Å². The zero-order valence-electron chi connectivity index (χ0n) is 12.7. The molecule has 0 aliphatic heterocycles. The molecular formula is C15H22N2OS2. The Balaban J connectivity index is 2.52. The fourth-order valence-corrected chi connectivity index (χ4v) is 2.63. The van der Waals surface area contributed by atoms with Gasteiger partial charge in [0.15, 0.2) is 4.77 Å². The number of para-hydroxylation sites is 1. The molecule has 0 radical (unpaired) electrons. The van der Waals surface area contributed by atoms with Crippen LogP contribution >= 0.6 is 24.0 Å². The number of fused-ring (bicyclic) bond motifs is 1. The number of nitrogens with one attached hydrogen (secondary N) is 1. The van der Waals surface area contributed by atoms with Crippen molar-refractivity contribution in [2.24, 2.45) is 0 Å². The van der Waals surface area contributed by atoms with E-state index in [2.05, 4.69) is 35.7 Å². The quantitative estimate of drug-likeness (QED) is 0.817. The number of nitrogens with zero attached hydrogens (tertiary/aromatic N) is 1. The van der Waals surface area contributed by atoms with Crippen molar-refractivity contribution in [2.75, 3.05) is 6.26 Å². The van der Waals surface area contributed by atoms with Crippen molar-refractivity contribution < 1.29 is 4.74 Å². The predicted octanol–water partition coefficient (Wildman–Crippen LogP) is 4.63. The van der Waals surface area contributed by atoms with E-state index in [1.807, 2.05) is 37.7 Å². The number of H-pyrrole nitrogens is 1. The number of hydrogen-bond acceptors (Lipinski definition) is 3. The van der Waals surface area contributed by atoms with Crippen molar-refractivity contribution in [3.63, 3.8) is 0 Å². The molecule has 1 heterocycles. The molecule has 0 saturated heterocycles. The maximum Gasteiger partial charge on any atom is 0.178 e. The molecule has 110 valence electrons. The van der Waals surface area contributed by atoms with Crippen LogP contribution in [0.3, 0.4) is 0 Å². The van der Waals surface area contributed by atoms with Gasteiger partial charge in [-0.3, -0.25) is 0 Å². The van der Waals surface area contributed by atoms with Crippen LogP contribution in [-0.4, -0.2) is 26.7 Å². The highest BCUT2D eigenvalue weighted by atomic mass is 32.2. The van der Waals surface area contributed by atoms with E-state index in [4.69, 9.17) is 17.0 Å². The molecule has 20 heavy (non-hydrogen) atoms. The lowest BCUT2D eigenvalue weighted by molar-refractivity contribution is 0.245. The zero-order chi connectivity index (χ0) is 14.9. The van der Waals surface area contributed by atoms with Gasteiger partial charge in [-0.1, -0.05) is 6.07 Å². The summed E-state index contributed by atoms with van der Waals surface area (Å²) in [4.78, 5) is 3.29. The van der Waals surface area contributed by atoms with E-state index in [0.717, 1.165) is 28.1 Å². The minimum absolute atomic E-state index is 0.141. The highest BCUT2D eigenvalue weighted by Gasteiger charge is 2.19. The van der Waals surface area contributed by atoms with Gasteiger partial charge in [0, 0.05) is 11.3 Å². The third kappa shape index (κ3) is 3.20. The summed E-state index contributed by atoms with van der Waals surface area (Å²) < 4.78 is 8.91. The van der Waals surface area contributed by atoms with Gasteiger partial charge in [-0.25, -0.2) is 0 Å². The molecule has 5 heteroatoms. The van der Waals surface area contributed by atoms with Crippen LogP contribution < -0.4 is 4.74 Å². The average molecular weight is 310 g/mol. The monoisotopic (exact) mass is 310 g/mol. The van der Waals surface area contributed by atoms with Crippen LogP contribution in [0, 0.1) is 4.77 Å². The Kier molecular flexibility index (Phi) is 4.49. The molecule has 2 aromatic rings. The van der Waals surface area contributed by atoms with E-state index in [9.17, 15) is 0 Å². The molecular weight excluding hydrogens is 288 g/mol. The van der Waals surface area contributed by atoms with E-state index in [1.54, 1.807) is 0 Å². The third-order valence-corrected chi connectivity index (χ3v) is 4.78. The summed E-state index contributed by atoms with van der Waals surface area (Å²) in [7, 11) is 0. The van der Waals surface area contributed by atoms with Gasteiger partial charge < -0.3 is 14.3 Å². The normalized spacial score (nSPS) is 12.3. The van der Waals surface area contributed by atoms with Crippen LogP contribution in [-0.2, 0) is 6.54 Å². The van der Waals surface area contributed by atoms with Crippen LogP contribution in [0.4, 0.5) is 0 Å². The molecule has 1 N–H and O–H groups in total. The number of hydrogen-bond donors (Lipinski definition) is 1. The van der Waals surface area contributed by atoms with E-state index in [-0.39, 0.29) is 10.9 Å². The van der Waals surface area contributed by atoms with Crippen LogP contribution in [0.5, 0.6) is 5.75 Å².